The van der Waals surface area contributed by atoms with Gasteiger partial charge in [0.2, 0.25) is 0 Å². The van der Waals surface area contributed by atoms with Crippen molar-refractivity contribution in [2.75, 3.05) is 40.3 Å². The van der Waals surface area contributed by atoms with Crippen molar-refractivity contribution in [3.63, 3.8) is 0 Å². The van der Waals surface area contributed by atoms with Crippen molar-refractivity contribution in [1.29, 1.82) is 0 Å². The molecule has 0 bridgehead atoms. The Kier molecular flexibility index (Phi) is 6.87. The van der Waals surface area contributed by atoms with E-state index in [1.165, 1.54) is 43.8 Å². The van der Waals surface area contributed by atoms with E-state index < -0.39 is 0 Å². The highest BCUT2D eigenvalue weighted by atomic mass is 32.1. The highest BCUT2D eigenvalue weighted by Crippen LogP contribution is 2.29. The minimum atomic E-state index is 0.0567. The maximum absolute atomic E-state index is 5.87. The molecule has 4 heteroatoms. The molecule has 1 aliphatic rings. The smallest absolute Gasteiger partial charge is 0.0629 e. The van der Waals surface area contributed by atoms with Crippen LogP contribution in [0.1, 0.15) is 38.0 Å². The molecule has 1 saturated heterocycles. The van der Waals surface area contributed by atoms with E-state index in [9.17, 15) is 0 Å². The van der Waals surface area contributed by atoms with Crippen LogP contribution in [0.3, 0.4) is 0 Å². The summed E-state index contributed by atoms with van der Waals surface area (Å²) in [7, 11) is 4.31. The summed E-state index contributed by atoms with van der Waals surface area (Å²) in [5.74, 6) is 0.767. The lowest BCUT2D eigenvalue weighted by Gasteiger charge is -2.38. The van der Waals surface area contributed by atoms with Gasteiger partial charge < -0.3 is 9.64 Å². The summed E-state index contributed by atoms with van der Waals surface area (Å²) < 4.78 is 5.87. The lowest BCUT2D eigenvalue weighted by Crippen LogP contribution is -2.40. The third-order valence-corrected chi connectivity index (χ3v) is 5.22. The van der Waals surface area contributed by atoms with Gasteiger partial charge >= 0.3 is 0 Å². The highest BCUT2D eigenvalue weighted by molar-refractivity contribution is 7.09. The third kappa shape index (κ3) is 6.37. The lowest BCUT2D eigenvalue weighted by molar-refractivity contribution is -0.0771. The standard InChI is InChI=1S/C18H32N2OS/c1-18(2)13-16(8-11-21-18)14-20(10-6-9-19(3)4)15-17-7-5-12-22-17/h5,7,12,16H,6,8-11,13-15H2,1-4H3/t16-/m1/s1. The van der Waals surface area contributed by atoms with Gasteiger partial charge in [-0.25, -0.2) is 0 Å². The van der Waals surface area contributed by atoms with Gasteiger partial charge in [0.1, 0.15) is 0 Å². The van der Waals surface area contributed by atoms with Crippen LogP contribution in [0, 0.1) is 5.92 Å². The van der Waals surface area contributed by atoms with Gasteiger partial charge in [0, 0.05) is 24.6 Å². The molecule has 2 heterocycles. The minimum absolute atomic E-state index is 0.0567. The molecule has 0 unspecified atom stereocenters. The molecule has 1 atom stereocenters. The molecule has 0 aromatic carbocycles. The quantitative estimate of drug-likeness (QED) is 0.725. The Morgan fingerprint density at radius 2 is 2.14 bits per heavy atom. The number of nitrogens with zero attached hydrogens (tertiary/aromatic N) is 2. The van der Waals surface area contributed by atoms with E-state index in [4.69, 9.17) is 4.74 Å². The number of ether oxygens (including phenoxy) is 1. The maximum atomic E-state index is 5.87. The topological polar surface area (TPSA) is 15.7 Å². The molecule has 0 saturated carbocycles. The molecule has 1 fully saturated rings. The van der Waals surface area contributed by atoms with Gasteiger partial charge in [-0.1, -0.05) is 6.07 Å². The maximum Gasteiger partial charge on any atom is 0.0629 e. The molecule has 2 rings (SSSR count). The van der Waals surface area contributed by atoms with Crippen LogP contribution in [-0.4, -0.2) is 55.7 Å². The van der Waals surface area contributed by atoms with Crippen LogP contribution in [-0.2, 0) is 11.3 Å². The molecule has 126 valence electrons. The summed E-state index contributed by atoms with van der Waals surface area (Å²) in [5, 5.41) is 2.19. The molecule has 1 aromatic heterocycles. The van der Waals surface area contributed by atoms with E-state index in [0.717, 1.165) is 19.1 Å². The first-order valence-corrected chi connectivity index (χ1v) is 9.36. The minimum Gasteiger partial charge on any atom is -0.376 e. The Hall–Kier alpha value is -0.420. The SMILES string of the molecule is CN(C)CCCN(Cc1cccs1)C[C@@H]1CCOC(C)(C)C1. The number of hydrogen-bond donors (Lipinski definition) is 0. The second kappa shape index (κ2) is 8.44. The van der Waals surface area contributed by atoms with Crippen molar-refractivity contribution in [2.45, 2.75) is 45.3 Å². The van der Waals surface area contributed by atoms with Crippen LogP contribution in [0.5, 0.6) is 0 Å². The van der Waals surface area contributed by atoms with E-state index in [0.29, 0.717) is 0 Å². The first kappa shape index (κ1) is 17.9. The first-order chi connectivity index (χ1) is 10.4. The third-order valence-electron chi connectivity index (χ3n) is 4.35. The van der Waals surface area contributed by atoms with Crippen molar-refractivity contribution in [3.8, 4) is 0 Å². The fourth-order valence-corrected chi connectivity index (χ4v) is 4.09. The van der Waals surface area contributed by atoms with Crippen LogP contribution >= 0.6 is 11.3 Å². The summed E-state index contributed by atoms with van der Waals surface area (Å²) in [6, 6.07) is 4.42. The number of thiophene rings is 1. The predicted octanol–water partition coefficient (Wildman–Crippen LogP) is 3.71. The Labute approximate surface area is 140 Å². The first-order valence-electron chi connectivity index (χ1n) is 8.48. The van der Waals surface area contributed by atoms with Crippen LogP contribution in [0.25, 0.3) is 0 Å². The average Bonchev–Trinajstić information content (AvgIpc) is 2.89. The van der Waals surface area contributed by atoms with Gasteiger partial charge in [-0.15, -0.1) is 11.3 Å². The van der Waals surface area contributed by atoms with Crippen molar-refractivity contribution in [2.24, 2.45) is 5.92 Å². The van der Waals surface area contributed by atoms with Crippen molar-refractivity contribution in [1.82, 2.24) is 9.80 Å². The number of hydrogen-bond acceptors (Lipinski definition) is 4. The summed E-state index contributed by atoms with van der Waals surface area (Å²) in [6.45, 7) is 10.0. The molecule has 1 aromatic rings. The zero-order valence-corrected chi connectivity index (χ0v) is 15.5. The molecule has 3 nitrogen and oxygen atoms in total. The van der Waals surface area contributed by atoms with Crippen LogP contribution in [0.2, 0.25) is 0 Å². The molecular formula is C18H32N2OS. The van der Waals surface area contributed by atoms with Gasteiger partial charge in [0.05, 0.1) is 5.60 Å². The van der Waals surface area contributed by atoms with E-state index in [1.807, 2.05) is 11.3 Å². The molecule has 0 amide bonds. The van der Waals surface area contributed by atoms with Crippen molar-refractivity contribution >= 4 is 11.3 Å². The summed E-state index contributed by atoms with van der Waals surface area (Å²) in [5.41, 5.74) is 0.0567. The summed E-state index contributed by atoms with van der Waals surface area (Å²) >= 11 is 1.88. The predicted molar refractivity (Wildman–Crippen MR) is 95.5 cm³/mol. The Morgan fingerprint density at radius 1 is 1.32 bits per heavy atom. The fourth-order valence-electron chi connectivity index (χ4n) is 3.35. The van der Waals surface area contributed by atoms with E-state index >= 15 is 0 Å². The molecular weight excluding hydrogens is 292 g/mol. The summed E-state index contributed by atoms with van der Waals surface area (Å²) in [6.07, 6.45) is 3.63. The molecule has 0 aliphatic carbocycles. The van der Waals surface area contributed by atoms with E-state index in [2.05, 4.69) is 55.3 Å². The van der Waals surface area contributed by atoms with Gasteiger partial charge in [-0.05, 0) is 77.7 Å². The zero-order chi connectivity index (χ0) is 16.0. The highest BCUT2D eigenvalue weighted by Gasteiger charge is 2.29. The average molecular weight is 325 g/mol. The van der Waals surface area contributed by atoms with E-state index in [-0.39, 0.29) is 5.60 Å². The van der Waals surface area contributed by atoms with Crippen molar-refractivity contribution < 1.29 is 4.74 Å². The largest absolute Gasteiger partial charge is 0.376 e. The van der Waals surface area contributed by atoms with Crippen molar-refractivity contribution in [3.05, 3.63) is 22.4 Å². The monoisotopic (exact) mass is 324 g/mol. The van der Waals surface area contributed by atoms with Gasteiger partial charge in [0.25, 0.3) is 0 Å². The van der Waals surface area contributed by atoms with Gasteiger partial charge in [-0.3, -0.25) is 4.90 Å². The summed E-state index contributed by atoms with van der Waals surface area (Å²) in [4.78, 5) is 6.42. The van der Waals surface area contributed by atoms with Crippen LogP contribution < -0.4 is 0 Å². The van der Waals surface area contributed by atoms with Gasteiger partial charge in [-0.2, -0.15) is 0 Å². The normalized spacial score (nSPS) is 21.6. The second-order valence-corrected chi connectivity index (χ2v) is 8.47. The Morgan fingerprint density at radius 3 is 2.77 bits per heavy atom. The second-order valence-electron chi connectivity index (χ2n) is 7.44. The van der Waals surface area contributed by atoms with Crippen LogP contribution in [0.15, 0.2) is 17.5 Å². The lowest BCUT2D eigenvalue weighted by atomic mass is 9.88. The fraction of sp³-hybridized carbons (Fsp3) is 0.778. The Bertz CT molecular complexity index is 417. The zero-order valence-electron chi connectivity index (χ0n) is 14.7. The van der Waals surface area contributed by atoms with Crippen LogP contribution in [0.4, 0.5) is 0 Å². The molecule has 1 aliphatic heterocycles. The molecule has 0 spiro atoms. The molecule has 22 heavy (non-hydrogen) atoms. The van der Waals surface area contributed by atoms with E-state index in [1.54, 1.807) is 0 Å². The van der Waals surface area contributed by atoms with Gasteiger partial charge in [0.15, 0.2) is 0 Å². The molecule has 0 radical (unpaired) electrons. The molecule has 0 N–H and O–H groups in total. The Balaban J connectivity index is 1.88. The number of rotatable bonds is 8.